The maximum absolute atomic E-state index is 13.1. The third-order valence-electron chi connectivity index (χ3n) is 5.40. The number of anilines is 3. The molecule has 0 saturated heterocycles. The van der Waals surface area contributed by atoms with Crippen LogP contribution in [0.2, 0.25) is 0 Å². The molecule has 0 amide bonds. The molecule has 0 radical (unpaired) electrons. The van der Waals surface area contributed by atoms with E-state index in [2.05, 4.69) is 25.6 Å². The molecule has 5 nitrogen and oxygen atoms in total. The van der Waals surface area contributed by atoms with Crippen LogP contribution in [-0.4, -0.2) is 27.7 Å². The van der Waals surface area contributed by atoms with Gasteiger partial charge in [0.05, 0.1) is 23.2 Å². The number of alkyl halides is 6. The lowest BCUT2D eigenvalue weighted by Gasteiger charge is -2.15. The van der Waals surface area contributed by atoms with E-state index < -0.39 is 24.3 Å². The van der Waals surface area contributed by atoms with Gasteiger partial charge in [-0.05, 0) is 53.9 Å². The van der Waals surface area contributed by atoms with Gasteiger partial charge in [0.15, 0.2) is 0 Å². The van der Waals surface area contributed by atoms with Crippen LogP contribution in [0.1, 0.15) is 25.0 Å². The molecule has 0 atom stereocenters. The van der Waals surface area contributed by atoms with Crippen molar-refractivity contribution >= 4 is 28.4 Å². The van der Waals surface area contributed by atoms with Gasteiger partial charge in [0.25, 0.3) is 0 Å². The molecule has 0 fully saturated rings. The van der Waals surface area contributed by atoms with Crippen LogP contribution in [0.5, 0.6) is 0 Å². The Labute approximate surface area is 209 Å². The fourth-order valence-electron chi connectivity index (χ4n) is 3.68. The summed E-state index contributed by atoms with van der Waals surface area (Å²) in [7, 11) is 0. The molecular weight excluding hydrogens is 496 g/mol. The molecule has 4 rings (SSSR count). The summed E-state index contributed by atoms with van der Waals surface area (Å²) in [5.74, 6) is 0.874. The van der Waals surface area contributed by atoms with Crippen LogP contribution in [0.3, 0.4) is 0 Å². The number of hydrogen-bond donors (Lipinski definition) is 2. The van der Waals surface area contributed by atoms with Crippen molar-refractivity contribution in [3.63, 3.8) is 0 Å². The predicted molar refractivity (Wildman–Crippen MR) is 131 cm³/mol. The smallest absolute Gasteiger partial charge is 0.354 e. The number of pyridine rings is 1. The van der Waals surface area contributed by atoms with Crippen molar-refractivity contribution in [2.45, 2.75) is 32.6 Å². The van der Waals surface area contributed by atoms with Gasteiger partial charge in [-0.1, -0.05) is 26.0 Å². The molecule has 4 aromatic rings. The summed E-state index contributed by atoms with van der Waals surface area (Å²) >= 11 is 0. The average Bonchev–Trinajstić information content (AvgIpc) is 2.81. The monoisotopic (exact) mass is 519 g/mol. The van der Waals surface area contributed by atoms with E-state index in [0.29, 0.717) is 34.5 Å². The highest BCUT2D eigenvalue weighted by molar-refractivity contribution is 5.94. The Bertz CT molecular complexity index is 1380. The Morgan fingerprint density at radius 3 is 2.27 bits per heavy atom. The maximum atomic E-state index is 13.1. The highest BCUT2D eigenvalue weighted by atomic mass is 19.4. The number of aromatic nitrogens is 3. The van der Waals surface area contributed by atoms with Crippen molar-refractivity contribution in [1.29, 1.82) is 0 Å². The molecule has 0 unspecified atom stereocenters. The number of nitrogens with one attached hydrogen (secondary N) is 2. The standard InChI is InChI=1S/C26H23F6N5/c1-15(2)14-34-24-36-21-12-16(22-17(4-3-11-33-22)13-25(27,28)29)5-10-20(21)23(37-24)35-19-8-6-18(7-9-19)26(30,31)32/h3-12,15H,13-14H2,1-2H3,(H2,34,35,36,37). The van der Waals surface area contributed by atoms with Crippen molar-refractivity contribution in [3.05, 3.63) is 71.9 Å². The van der Waals surface area contributed by atoms with Gasteiger partial charge in [0.2, 0.25) is 5.95 Å². The fourth-order valence-corrected chi connectivity index (χ4v) is 3.68. The van der Waals surface area contributed by atoms with Gasteiger partial charge in [0, 0.05) is 29.4 Å². The minimum absolute atomic E-state index is 0.0321. The molecule has 0 bridgehead atoms. The molecule has 2 aromatic heterocycles. The molecule has 194 valence electrons. The summed E-state index contributed by atoms with van der Waals surface area (Å²) in [5.41, 5.74) is 0.695. The van der Waals surface area contributed by atoms with Crippen molar-refractivity contribution < 1.29 is 26.3 Å². The second-order valence-electron chi connectivity index (χ2n) is 8.91. The highest BCUT2D eigenvalue weighted by Gasteiger charge is 2.30. The minimum atomic E-state index is -4.46. The van der Waals surface area contributed by atoms with E-state index in [4.69, 9.17) is 0 Å². The molecule has 0 aliphatic carbocycles. The third-order valence-corrected chi connectivity index (χ3v) is 5.40. The van der Waals surface area contributed by atoms with E-state index in [-0.39, 0.29) is 23.1 Å². The summed E-state index contributed by atoms with van der Waals surface area (Å²) in [6.45, 7) is 4.55. The lowest BCUT2D eigenvalue weighted by atomic mass is 10.0. The fraction of sp³-hybridized carbons (Fsp3) is 0.269. The van der Waals surface area contributed by atoms with Gasteiger partial charge >= 0.3 is 12.4 Å². The van der Waals surface area contributed by atoms with Crippen molar-refractivity contribution in [3.8, 4) is 11.3 Å². The normalized spacial score (nSPS) is 12.2. The van der Waals surface area contributed by atoms with E-state index in [0.717, 1.165) is 12.1 Å². The number of fused-ring (bicyclic) bond motifs is 1. The zero-order valence-corrected chi connectivity index (χ0v) is 19.9. The lowest BCUT2D eigenvalue weighted by molar-refractivity contribution is -0.137. The Morgan fingerprint density at radius 1 is 0.892 bits per heavy atom. The Kier molecular flexibility index (Phi) is 7.24. The first-order valence-corrected chi connectivity index (χ1v) is 11.4. The van der Waals surface area contributed by atoms with Gasteiger partial charge < -0.3 is 10.6 Å². The summed E-state index contributed by atoms with van der Waals surface area (Å²) in [5, 5.41) is 6.68. The summed E-state index contributed by atoms with van der Waals surface area (Å²) < 4.78 is 78.2. The lowest BCUT2D eigenvalue weighted by Crippen LogP contribution is -2.13. The van der Waals surface area contributed by atoms with Crippen LogP contribution in [0.4, 0.5) is 43.8 Å². The minimum Gasteiger partial charge on any atom is -0.354 e. The number of nitrogens with zero attached hydrogens (tertiary/aromatic N) is 3. The van der Waals surface area contributed by atoms with Crippen LogP contribution >= 0.6 is 0 Å². The van der Waals surface area contributed by atoms with Crippen molar-refractivity contribution in [2.75, 3.05) is 17.2 Å². The molecular formula is C26H23F6N5. The molecule has 0 aliphatic rings. The second-order valence-corrected chi connectivity index (χ2v) is 8.91. The van der Waals surface area contributed by atoms with Crippen LogP contribution in [0.15, 0.2) is 60.8 Å². The topological polar surface area (TPSA) is 62.7 Å². The van der Waals surface area contributed by atoms with E-state index in [1.165, 1.54) is 30.5 Å². The number of hydrogen-bond acceptors (Lipinski definition) is 5. The molecule has 2 heterocycles. The van der Waals surface area contributed by atoms with E-state index in [9.17, 15) is 26.3 Å². The van der Waals surface area contributed by atoms with E-state index >= 15 is 0 Å². The number of halogens is 6. The van der Waals surface area contributed by atoms with Crippen LogP contribution in [0, 0.1) is 5.92 Å². The summed E-state index contributed by atoms with van der Waals surface area (Å²) in [4.78, 5) is 13.2. The quantitative estimate of drug-likeness (QED) is 0.246. The zero-order chi connectivity index (χ0) is 26.8. The van der Waals surface area contributed by atoms with Gasteiger partial charge in [-0.15, -0.1) is 0 Å². The number of rotatable bonds is 7. The first-order chi connectivity index (χ1) is 17.4. The van der Waals surface area contributed by atoms with Gasteiger partial charge in [-0.2, -0.15) is 31.3 Å². The van der Waals surface area contributed by atoms with E-state index in [1.807, 2.05) is 13.8 Å². The molecule has 0 aliphatic heterocycles. The molecule has 2 N–H and O–H groups in total. The number of benzene rings is 2. The summed E-state index contributed by atoms with van der Waals surface area (Å²) in [6, 6.07) is 12.2. The van der Waals surface area contributed by atoms with Gasteiger partial charge in [0.1, 0.15) is 5.82 Å². The van der Waals surface area contributed by atoms with Gasteiger partial charge in [-0.25, -0.2) is 4.98 Å². The summed E-state index contributed by atoms with van der Waals surface area (Å²) in [6.07, 6.45) is -8.56. The Balaban J connectivity index is 1.76. The van der Waals surface area contributed by atoms with Gasteiger partial charge in [-0.3, -0.25) is 4.98 Å². The average molecular weight is 519 g/mol. The first-order valence-electron chi connectivity index (χ1n) is 11.4. The maximum Gasteiger partial charge on any atom is 0.416 e. The van der Waals surface area contributed by atoms with Crippen molar-refractivity contribution in [2.24, 2.45) is 5.92 Å². The second kappa shape index (κ2) is 10.2. The predicted octanol–water partition coefficient (Wildman–Crippen LogP) is 7.63. The van der Waals surface area contributed by atoms with Crippen LogP contribution in [-0.2, 0) is 12.6 Å². The molecule has 11 heteroatoms. The SMILES string of the molecule is CC(C)CNc1nc(Nc2ccc(C(F)(F)F)cc2)c2ccc(-c3ncccc3CC(F)(F)F)cc2n1. The largest absolute Gasteiger partial charge is 0.416 e. The molecule has 37 heavy (non-hydrogen) atoms. The highest BCUT2D eigenvalue weighted by Crippen LogP contribution is 2.34. The zero-order valence-electron chi connectivity index (χ0n) is 19.9. The molecule has 0 spiro atoms. The first kappa shape index (κ1) is 26.2. The Morgan fingerprint density at radius 2 is 1.62 bits per heavy atom. The third kappa shape index (κ3) is 6.66. The van der Waals surface area contributed by atoms with Crippen LogP contribution < -0.4 is 10.6 Å². The molecule has 2 aromatic carbocycles. The molecule has 0 saturated carbocycles. The van der Waals surface area contributed by atoms with Crippen LogP contribution in [0.25, 0.3) is 22.2 Å². The Hall–Kier alpha value is -3.89. The van der Waals surface area contributed by atoms with Crippen molar-refractivity contribution in [1.82, 2.24) is 15.0 Å². The van der Waals surface area contributed by atoms with E-state index in [1.54, 1.807) is 18.2 Å².